The van der Waals surface area contributed by atoms with Crippen molar-refractivity contribution >= 4 is 23.5 Å². The van der Waals surface area contributed by atoms with Gasteiger partial charge in [0.25, 0.3) is 5.91 Å². The van der Waals surface area contributed by atoms with Crippen LogP contribution >= 0.6 is 0 Å². The Kier molecular flexibility index (Phi) is 4.63. The number of carbonyl (C=O) groups is 1. The minimum Gasteiger partial charge on any atom is -0.370 e. The van der Waals surface area contributed by atoms with Crippen molar-refractivity contribution in [1.82, 2.24) is 4.98 Å². The first-order valence-electron chi connectivity index (χ1n) is 6.36. The second-order valence-corrected chi connectivity index (χ2v) is 4.38. The molecule has 4 N–H and O–H groups in total. The molecule has 0 saturated carbocycles. The second-order valence-electron chi connectivity index (χ2n) is 4.38. The van der Waals surface area contributed by atoms with Gasteiger partial charge in [-0.1, -0.05) is 18.2 Å². The van der Waals surface area contributed by atoms with E-state index in [9.17, 15) is 4.79 Å². The summed E-state index contributed by atoms with van der Waals surface area (Å²) < 4.78 is 0. The topological polar surface area (TPSA) is 118 Å². The number of nitriles is 1. The Balaban J connectivity index is 2.53. The van der Waals surface area contributed by atoms with Crippen molar-refractivity contribution in [3.05, 3.63) is 65.5 Å². The summed E-state index contributed by atoms with van der Waals surface area (Å²) in [6.07, 6.45) is 4.76. The van der Waals surface area contributed by atoms with E-state index in [4.69, 9.17) is 16.7 Å². The first-order valence-corrected chi connectivity index (χ1v) is 6.36. The minimum atomic E-state index is -0.574. The smallest absolute Gasteiger partial charge is 0.280 e. The molecule has 22 heavy (non-hydrogen) atoms. The van der Waals surface area contributed by atoms with Gasteiger partial charge in [-0.3, -0.25) is 9.78 Å². The van der Waals surface area contributed by atoms with Crippen LogP contribution in [-0.4, -0.2) is 16.9 Å². The molecule has 0 bridgehead atoms. The van der Waals surface area contributed by atoms with Crippen LogP contribution < -0.4 is 11.5 Å². The van der Waals surface area contributed by atoms with Crippen LogP contribution in [0.25, 0.3) is 11.6 Å². The van der Waals surface area contributed by atoms with E-state index in [0.717, 1.165) is 0 Å². The van der Waals surface area contributed by atoms with Crippen molar-refractivity contribution in [2.45, 2.75) is 0 Å². The largest absolute Gasteiger partial charge is 0.370 e. The molecule has 1 aromatic heterocycles. The molecule has 1 aromatic carbocycles. The van der Waals surface area contributed by atoms with Crippen molar-refractivity contribution in [3.63, 3.8) is 0 Å². The molecule has 0 radical (unpaired) electrons. The number of aromatic nitrogens is 1. The molecule has 0 saturated heterocycles. The Morgan fingerprint density at radius 3 is 2.73 bits per heavy atom. The summed E-state index contributed by atoms with van der Waals surface area (Å²) in [5, 5.41) is 8.94. The van der Waals surface area contributed by atoms with E-state index in [0.29, 0.717) is 16.7 Å². The van der Waals surface area contributed by atoms with E-state index in [1.165, 1.54) is 0 Å². The molecule has 0 fully saturated rings. The highest BCUT2D eigenvalue weighted by atomic mass is 16.1. The van der Waals surface area contributed by atoms with Crippen LogP contribution in [0.1, 0.15) is 16.7 Å². The molecule has 1 heterocycles. The fourth-order valence-electron chi connectivity index (χ4n) is 1.83. The highest BCUT2D eigenvalue weighted by Gasteiger charge is 2.12. The highest BCUT2D eigenvalue weighted by Crippen LogP contribution is 2.19. The predicted molar refractivity (Wildman–Crippen MR) is 84.1 cm³/mol. The summed E-state index contributed by atoms with van der Waals surface area (Å²) in [6.45, 7) is 0. The zero-order valence-corrected chi connectivity index (χ0v) is 11.6. The molecule has 2 aromatic rings. The molecule has 108 valence electrons. The van der Waals surface area contributed by atoms with Gasteiger partial charge in [-0.25, -0.2) is 0 Å². The van der Waals surface area contributed by atoms with Crippen molar-refractivity contribution < 1.29 is 4.79 Å². The zero-order valence-electron chi connectivity index (χ0n) is 11.6. The number of hydrogen-bond acceptors (Lipinski definition) is 3. The third-order valence-electron chi connectivity index (χ3n) is 2.76. The maximum absolute atomic E-state index is 12.2. The lowest BCUT2D eigenvalue weighted by Gasteiger charge is -2.04. The molecular weight excluding hydrogens is 278 g/mol. The average Bonchev–Trinajstić information content (AvgIpc) is 2.53. The predicted octanol–water partition coefficient (Wildman–Crippen LogP) is 1.29. The van der Waals surface area contributed by atoms with Gasteiger partial charge >= 0.3 is 0 Å². The van der Waals surface area contributed by atoms with Gasteiger partial charge in [-0.15, -0.1) is 0 Å². The lowest BCUT2D eigenvalue weighted by molar-refractivity contribution is -0.112. The Morgan fingerprint density at radius 2 is 2.09 bits per heavy atom. The van der Waals surface area contributed by atoms with Gasteiger partial charge in [0.15, 0.2) is 5.96 Å². The van der Waals surface area contributed by atoms with E-state index in [-0.39, 0.29) is 11.5 Å². The maximum Gasteiger partial charge on any atom is 0.280 e. The Labute approximate surface area is 127 Å². The van der Waals surface area contributed by atoms with E-state index in [1.54, 1.807) is 54.9 Å². The van der Waals surface area contributed by atoms with Crippen molar-refractivity contribution in [2.24, 2.45) is 16.5 Å². The van der Waals surface area contributed by atoms with Gasteiger partial charge in [0, 0.05) is 18.0 Å². The zero-order chi connectivity index (χ0) is 15.9. The molecule has 0 aliphatic rings. The van der Waals surface area contributed by atoms with E-state index < -0.39 is 5.91 Å². The Morgan fingerprint density at radius 1 is 1.27 bits per heavy atom. The van der Waals surface area contributed by atoms with Gasteiger partial charge < -0.3 is 11.5 Å². The van der Waals surface area contributed by atoms with Crippen molar-refractivity contribution in [2.75, 3.05) is 0 Å². The van der Waals surface area contributed by atoms with Crippen LogP contribution in [0.2, 0.25) is 0 Å². The number of hydrogen-bond donors (Lipinski definition) is 2. The minimum absolute atomic E-state index is 0.289. The fraction of sp³-hybridized carbons (Fsp3) is 0. The monoisotopic (exact) mass is 291 g/mol. The van der Waals surface area contributed by atoms with Crippen LogP contribution in [-0.2, 0) is 4.79 Å². The molecule has 0 aliphatic heterocycles. The number of nitrogens with zero attached hydrogens (tertiary/aromatic N) is 3. The number of rotatable bonds is 3. The van der Waals surface area contributed by atoms with Crippen LogP contribution in [0.5, 0.6) is 0 Å². The second kappa shape index (κ2) is 6.81. The first-order chi connectivity index (χ1) is 10.6. The summed E-state index contributed by atoms with van der Waals surface area (Å²) in [5.41, 5.74) is 12.6. The van der Waals surface area contributed by atoms with E-state index in [1.807, 2.05) is 6.07 Å². The molecule has 6 nitrogen and oxygen atoms in total. The maximum atomic E-state index is 12.2. The highest BCUT2D eigenvalue weighted by molar-refractivity contribution is 6.26. The standard InChI is InChI=1S/C16H13N5O/c17-9-12-4-1-3-11(7-12)8-14(15(22)21-16(18)19)13-5-2-6-20-10-13/h1-8,10H,(H4,18,19,21,22)/b14-8+. The third kappa shape index (κ3) is 3.77. The number of aliphatic imine (C=N–C) groups is 1. The number of benzene rings is 1. The number of guanidine groups is 1. The summed E-state index contributed by atoms with van der Waals surface area (Å²) in [6, 6.07) is 12.3. The Bertz CT molecular complexity index is 784. The van der Waals surface area contributed by atoms with Gasteiger partial charge in [-0.05, 0) is 29.8 Å². The molecular formula is C16H13N5O. The fourth-order valence-corrected chi connectivity index (χ4v) is 1.83. The number of nitrogens with two attached hydrogens (primary N) is 2. The molecule has 0 aliphatic carbocycles. The lowest BCUT2D eigenvalue weighted by atomic mass is 10.0. The van der Waals surface area contributed by atoms with Gasteiger partial charge in [0.05, 0.1) is 17.2 Å². The third-order valence-corrected chi connectivity index (χ3v) is 2.76. The molecule has 1 amide bonds. The van der Waals surface area contributed by atoms with Crippen molar-refractivity contribution in [3.8, 4) is 6.07 Å². The summed E-state index contributed by atoms with van der Waals surface area (Å²) in [5.74, 6) is -0.888. The SMILES string of the molecule is N#Cc1cccc(/C=C(/C(=O)N=C(N)N)c2cccnc2)c1. The summed E-state index contributed by atoms with van der Waals surface area (Å²) in [7, 11) is 0. The lowest BCUT2D eigenvalue weighted by Crippen LogP contribution is -2.24. The van der Waals surface area contributed by atoms with Crippen LogP contribution in [0.15, 0.2) is 53.8 Å². The van der Waals surface area contributed by atoms with Crippen LogP contribution in [0.4, 0.5) is 0 Å². The number of carbonyl (C=O) groups excluding carboxylic acids is 1. The van der Waals surface area contributed by atoms with E-state index in [2.05, 4.69) is 9.98 Å². The quantitative estimate of drug-likeness (QED) is 0.502. The molecule has 6 heteroatoms. The normalized spacial score (nSPS) is 10.6. The van der Waals surface area contributed by atoms with Gasteiger partial charge in [0.2, 0.25) is 0 Å². The molecule has 2 rings (SSSR count). The van der Waals surface area contributed by atoms with Crippen LogP contribution in [0.3, 0.4) is 0 Å². The number of pyridine rings is 1. The summed E-state index contributed by atoms with van der Waals surface area (Å²) in [4.78, 5) is 19.8. The van der Waals surface area contributed by atoms with Crippen LogP contribution in [0, 0.1) is 11.3 Å². The van der Waals surface area contributed by atoms with E-state index >= 15 is 0 Å². The molecule has 0 atom stereocenters. The molecule has 0 unspecified atom stereocenters. The Hall–Kier alpha value is -3.46. The first kappa shape index (κ1) is 14.9. The number of amides is 1. The van der Waals surface area contributed by atoms with Gasteiger partial charge in [-0.2, -0.15) is 10.3 Å². The molecule has 0 spiro atoms. The average molecular weight is 291 g/mol. The van der Waals surface area contributed by atoms with Crippen molar-refractivity contribution in [1.29, 1.82) is 5.26 Å². The summed E-state index contributed by atoms with van der Waals surface area (Å²) >= 11 is 0. The van der Waals surface area contributed by atoms with Gasteiger partial charge in [0.1, 0.15) is 0 Å².